The van der Waals surface area contributed by atoms with Crippen LogP contribution in [0, 0.1) is 28.6 Å². The van der Waals surface area contributed by atoms with Gasteiger partial charge in [-0.1, -0.05) is 38.5 Å². The van der Waals surface area contributed by atoms with Crippen LogP contribution in [0.2, 0.25) is 0 Å². The monoisotopic (exact) mass is 408 g/mol. The van der Waals surface area contributed by atoms with Crippen LogP contribution in [-0.4, -0.2) is 50.1 Å². The van der Waals surface area contributed by atoms with Crippen LogP contribution in [0.4, 0.5) is 0 Å². The van der Waals surface area contributed by atoms with E-state index < -0.39 is 39.8 Å². The Labute approximate surface area is 170 Å². The quantitative estimate of drug-likeness (QED) is 0.480. The topological polar surface area (TPSA) is 94.8 Å². The maximum atomic E-state index is 12.6. The van der Waals surface area contributed by atoms with Crippen molar-refractivity contribution in [1.29, 1.82) is 0 Å². The molecule has 0 aromatic heterocycles. The average Bonchev–Trinajstić information content (AvgIpc) is 2.84. The van der Waals surface area contributed by atoms with E-state index in [2.05, 4.69) is 6.08 Å². The van der Waals surface area contributed by atoms with Gasteiger partial charge in [0.2, 0.25) is 0 Å². The van der Waals surface area contributed by atoms with Crippen LogP contribution >= 0.6 is 11.6 Å². The van der Waals surface area contributed by atoms with Crippen molar-refractivity contribution in [2.75, 3.05) is 6.61 Å². The Morgan fingerprint density at radius 3 is 2.64 bits per heavy atom. The highest BCUT2D eigenvalue weighted by Crippen LogP contribution is 2.70. The molecule has 4 aliphatic rings. The van der Waals surface area contributed by atoms with Gasteiger partial charge in [-0.15, -0.1) is 11.6 Å². The molecule has 2 saturated carbocycles. The first-order valence-corrected chi connectivity index (χ1v) is 10.5. The fourth-order valence-electron chi connectivity index (χ4n) is 7.17. The molecule has 0 bridgehead atoms. The number of aliphatic hydroxyl groups excluding tert-OH is 2. The highest BCUT2D eigenvalue weighted by molar-refractivity contribution is 6.26. The Morgan fingerprint density at radius 2 is 2.00 bits per heavy atom. The minimum absolute atomic E-state index is 0.0370. The minimum Gasteiger partial charge on any atom is -0.391 e. The Bertz CT molecular complexity index is 805. The number of aliphatic hydroxyl groups is 3. The van der Waals surface area contributed by atoms with Crippen LogP contribution in [0.1, 0.15) is 46.5 Å². The van der Waals surface area contributed by atoms with Gasteiger partial charge in [0.05, 0.1) is 11.0 Å². The minimum atomic E-state index is -1.69. The number of fused-ring (bicyclic) bond motifs is 5. The fraction of sp³-hybridized carbons (Fsp3) is 0.727. The van der Waals surface area contributed by atoms with E-state index in [0.29, 0.717) is 19.3 Å². The van der Waals surface area contributed by atoms with Crippen LogP contribution < -0.4 is 0 Å². The van der Waals surface area contributed by atoms with Gasteiger partial charge < -0.3 is 15.3 Å². The summed E-state index contributed by atoms with van der Waals surface area (Å²) in [6.45, 7) is 4.96. The van der Waals surface area contributed by atoms with Gasteiger partial charge in [0, 0.05) is 17.3 Å². The lowest BCUT2D eigenvalue weighted by Gasteiger charge is -2.63. The molecule has 4 aliphatic carbocycles. The maximum absolute atomic E-state index is 12.6. The highest BCUT2D eigenvalue weighted by atomic mass is 35.5. The SMILES string of the molecule is CC1CC2C3CC=C4CC(=O)C=CC4(C)C3(Cl)C(O)CC2(C)C1(O)C(=O)CO. The van der Waals surface area contributed by atoms with E-state index in [0.717, 1.165) is 5.57 Å². The zero-order valence-corrected chi connectivity index (χ0v) is 17.4. The van der Waals surface area contributed by atoms with Crippen LogP contribution in [0.25, 0.3) is 0 Å². The zero-order valence-electron chi connectivity index (χ0n) is 16.6. The molecule has 0 aliphatic heterocycles. The Hall–Kier alpha value is -1.01. The second-order valence-corrected chi connectivity index (χ2v) is 10.4. The number of alkyl halides is 1. The van der Waals surface area contributed by atoms with Crippen molar-refractivity contribution in [3.05, 3.63) is 23.8 Å². The third kappa shape index (κ3) is 2.09. The maximum Gasteiger partial charge on any atom is 0.190 e. The van der Waals surface area contributed by atoms with E-state index in [1.54, 1.807) is 6.08 Å². The third-order valence-corrected chi connectivity index (χ3v) is 9.68. The molecule has 154 valence electrons. The van der Waals surface area contributed by atoms with Crippen molar-refractivity contribution in [3.8, 4) is 0 Å². The second kappa shape index (κ2) is 6.00. The molecule has 8 unspecified atom stereocenters. The van der Waals surface area contributed by atoms with E-state index in [4.69, 9.17) is 11.6 Å². The van der Waals surface area contributed by atoms with E-state index in [-0.39, 0.29) is 30.0 Å². The molecule has 5 nitrogen and oxygen atoms in total. The molecule has 0 radical (unpaired) electrons. The van der Waals surface area contributed by atoms with Gasteiger partial charge in [-0.2, -0.15) is 0 Å². The summed E-state index contributed by atoms with van der Waals surface area (Å²) < 4.78 is 0. The normalized spacial score (nSPS) is 52.5. The lowest BCUT2D eigenvalue weighted by atomic mass is 9.46. The summed E-state index contributed by atoms with van der Waals surface area (Å²) in [4.78, 5) is 23.5. The molecule has 4 rings (SSSR count). The van der Waals surface area contributed by atoms with Crippen LogP contribution in [-0.2, 0) is 9.59 Å². The standard InChI is InChI=1S/C22H29ClO5/c1-12-8-16-15-5-4-13-9-14(25)6-7-19(13,2)21(15,23)17(26)10-20(16,3)22(12,28)18(27)11-24/h4,6-7,12,15-17,24,26,28H,5,8-11H2,1-3H3. The fourth-order valence-corrected chi connectivity index (χ4v) is 7.67. The Balaban J connectivity index is 1.85. The van der Waals surface area contributed by atoms with Crippen molar-refractivity contribution >= 4 is 23.2 Å². The van der Waals surface area contributed by atoms with Gasteiger partial charge in [-0.3, -0.25) is 9.59 Å². The number of allylic oxidation sites excluding steroid dienone is 4. The van der Waals surface area contributed by atoms with Crippen molar-refractivity contribution in [3.63, 3.8) is 0 Å². The summed E-state index contributed by atoms with van der Waals surface area (Å²) in [5.74, 6) is -1.12. The molecule has 2 fully saturated rings. The number of halogens is 1. The largest absolute Gasteiger partial charge is 0.391 e. The number of carbonyl (C=O) groups is 2. The van der Waals surface area contributed by atoms with Gasteiger partial charge in [0.1, 0.15) is 12.2 Å². The van der Waals surface area contributed by atoms with Crippen LogP contribution in [0.15, 0.2) is 23.8 Å². The smallest absolute Gasteiger partial charge is 0.190 e. The first kappa shape index (κ1) is 20.3. The first-order valence-electron chi connectivity index (χ1n) is 10.1. The third-order valence-electron chi connectivity index (χ3n) is 8.75. The molecule has 6 heteroatoms. The molecule has 0 heterocycles. The molecule has 0 spiro atoms. The number of hydrogen-bond acceptors (Lipinski definition) is 5. The van der Waals surface area contributed by atoms with Gasteiger partial charge in [0.15, 0.2) is 11.6 Å². The summed E-state index contributed by atoms with van der Waals surface area (Å²) in [5, 5.41) is 32.3. The van der Waals surface area contributed by atoms with Gasteiger partial charge >= 0.3 is 0 Å². The second-order valence-electron chi connectivity index (χ2n) is 9.75. The van der Waals surface area contributed by atoms with E-state index in [9.17, 15) is 24.9 Å². The highest BCUT2D eigenvalue weighted by Gasteiger charge is 2.74. The van der Waals surface area contributed by atoms with Crippen LogP contribution in [0.3, 0.4) is 0 Å². The van der Waals surface area contributed by atoms with Gasteiger partial charge in [0.25, 0.3) is 0 Å². The molecule has 28 heavy (non-hydrogen) atoms. The Kier molecular flexibility index (Phi) is 4.35. The van der Waals surface area contributed by atoms with Crippen molar-refractivity contribution in [2.45, 2.75) is 63.0 Å². The molecule has 0 amide bonds. The molecule has 8 atom stereocenters. The Morgan fingerprint density at radius 1 is 1.32 bits per heavy atom. The summed E-state index contributed by atoms with van der Waals surface area (Å²) >= 11 is 7.30. The molecule has 0 saturated heterocycles. The molecule has 3 N–H and O–H groups in total. The predicted octanol–water partition coefficient (Wildman–Crippen LogP) is 2.17. The number of carbonyl (C=O) groups excluding carboxylic acids is 2. The molecular formula is C22H29ClO5. The summed E-state index contributed by atoms with van der Waals surface area (Å²) in [7, 11) is 0. The van der Waals surface area contributed by atoms with Crippen molar-refractivity contribution in [2.24, 2.45) is 28.6 Å². The van der Waals surface area contributed by atoms with Crippen LogP contribution in [0.5, 0.6) is 0 Å². The van der Waals surface area contributed by atoms with E-state index in [1.165, 1.54) is 0 Å². The average molecular weight is 409 g/mol. The summed E-state index contributed by atoms with van der Waals surface area (Å²) in [6, 6.07) is 0. The van der Waals surface area contributed by atoms with E-state index in [1.807, 2.05) is 26.8 Å². The lowest BCUT2D eigenvalue weighted by molar-refractivity contribution is -0.178. The zero-order chi connectivity index (χ0) is 20.7. The first-order chi connectivity index (χ1) is 13.0. The summed E-state index contributed by atoms with van der Waals surface area (Å²) in [5.41, 5.74) is -2.27. The van der Waals surface area contributed by atoms with Crippen molar-refractivity contribution < 1.29 is 24.9 Å². The van der Waals surface area contributed by atoms with Gasteiger partial charge in [-0.05, 0) is 43.1 Å². The number of hydrogen-bond donors (Lipinski definition) is 3. The molecule has 0 aromatic rings. The van der Waals surface area contributed by atoms with Gasteiger partial charge in [-0.25, -0.2) is 0 Å². The van der Waals surface area contributed by atoms with E-state index >= 15 is 0 Å². The summed E-state index contributed by atoms with van der Waals surface area (Å²) in [6.07, 6.45) is 6.19. The molecule has 0 aromatic carbocycles. The number of rotatable bonds is 2. The number of Topliss-reactive ketones (excluding diaryl/α,β-unsaturated/α-hetero) is 1. The lowest BCUT2D eigenvalue weighted by Crippen LogP contribution is -2.68. The van der Waals surface area contributed by atoms with Crippen molar-refractivity contribution in [1.82, 2.24) is 0 Å². The predicted molar refractivity (Wildman–Crippen MR) is 105 cm³/mol. The number of ketones is 2. The molecular weight excluding hydrogens is 380 g/mol.